The molecule has 1 unspecified atom stereocenters. The Morgan fingerprint density at radius 3 is 2.24 bits per heavy atom. The monoisotopic (exact) mass is 236 g/mol. The molecule has 96 valence electrons. The van der Waals surface area contributed by atoms with E-state index in [0.717, 1.165) is 25.3 Å². The van der Waals surface area contributed by atoms with Crippen molar-refractivity contribution in [3.8, 4) is 0 Å². The molecule has 0 amide bonds. The Bertz CT molecular complexity index is 307. The van der Waals surface area contributed by atoms with Crippen LogP contribution in [0.1, 0.15) is 20.8 Å². The summed E-state index contributed by atoms with van der Waals surface area (Å²) < 4.78 is 0. The lowest BCUT2D eigenvalue weighted by molar-refractivity contribution is 0.244. The minimum atomic E-state index is 0.227. The molecule has 0 aliphatic carbocycles. The number of nitrogens with zero attached hydrogens (tertiary/aromatic N) is 1. The van der Waals surface area contributed by atoms with Crippen molar-refractivity contribution in [2.45, 2.75) is 20.8 Å². The zero-order valence-corrected chi connectivity index (χ0v) is 11.1. The van der Waals surface area contributed by atoms with Crippen LogP contribution < -0.4 is 10.2 Å². The van der Waals surface area contributed by atoms with Crippen molar-refractivity contribution >= 4 is 11.4 Å². The maximum atomic E-state index is 8.95. The average Bonchev–Trinajstić information content (AvgIpc) is 2.38. The normalized spacial score (nSPS) is 12.2. The van der Waals surface area contributed by atoms with Gasteiger partial charge in [-0.3, -0.25) is 0 Å². The van der Waals surface area contributed by atoms with Crippen LogP contribution in [0.4, 0.5) is 11.4 Å². The molecule has 0 bridgehead atoms. The van der Waals surface area contributed by atoms with Crippen LogP contribution in [-0.2, 0) is 0 Å². The molecule has 17 heavy (non-hydrogen) atoms. The van der Waals surface area contributed by atoms with Gasteiger partial charge in [0.1, 0.15) is 0 Å². The van der Waals surface area contributed by atoms with Crippen molar-refractivity contribution in [3.05, 3.63) is 24.3 Å². The van der Waals surface area contributed by atoms with Crippen LogP contribution in [0.25, 0.3) is 0 Å². The van der Waals surface area contributed by atoms with Crippen LogP contribution in [0.5, 0.6) is 0 Å². The maximum absolute atomic E-state index is 8.95. The third-order valence-corrected chi connectivity index (χ3v) is 2.96. The fraction of sp³-hybridized carbons (Fsp3) is 0.571. The van der Waals surface area contributed by atoms with Gasteiger partial charge in [-0.25, -0.2) is 0 Å². The van der Waals surface area contributed by atoms with Crippen molar-refractivity contribution < 1.29 is 5.11 Å². The van der Waals surface area contributed by atoms with E-state index in [2.05, 4.69) is 48.3 Å². The van der Waals surface area contributed by atoms with Gasteiger partial charge in [0, 0.05) is 37.6 Å². The molecule has 1 atom stereocenters. The lowest BCUT2D eigenvalue weighted by Crippen LogP contribution is -2.21. The van der Waals surface area contributed by atoms with Crippen molar-refractivity contribution in [2.24, 2.45) is 5.92 Å². The molecule has 1 aromatic rings. The number of hydrogen-bond donors (Lipinski definition) is 2. The lowest BCUT2D eigenvalue weighted by atomic mass is 10.2. The van der Waals surface area contributed by atoms with Crippen molar-refractivity contribution in [3.63, 3.8) is 0 Å². The summed E-state index contributed by atoms with van der Waals surface area (Å²) in [5.74, 6) is 0.289. The van der Waals surface area contributed by atoms with Crippen molar-refractivity contribution in [2.75, 3.05) is 36.5 Å². The highest BCUT2D eigenvalue weighted by Gasteiger charge is 2.02. The van der Waals surface area contributed by atoms with E-state index in [9.17, 15) is 0 Å². The smallest absolute Gasteiger partial charge is 0.0473 e. The van der Waals surface area contributed by atoms with E-state index in [-0.39, 0.29) is 12.5 Å². The number of nitrogens with one attached hydrogen (secondary N) is 1. The van der Waals surface area contributed by atoms with E-state index < -0.39 is 0 Å². The van der Waals surface area contributed by atoms with Crippen LogP contribution >= 0.6 is 0 Å². The topological polar surface area (TPSA) is 35.5 Å². The molecule has 3 heteroatoms. The second-order valence-corrected chi connectivity index (χ2v) is 4.39. The minimum Gasteiger partial charge on any atom is -0.396 e. The SMILES string of the molecule is CCN(CC)c1ccc(NCC(C)CO)cc1. The quantitative estimate of drug-likeness (QED) is 0.764. The average molecular weight is 236 g/mol. The number of rotatable bonds is 7. The molecule has 0 aliphatic rings. The van der Waals surface area contributed by atoms with Crippen LogP contribution in [0.3, 0.4) is 0 Å². The van der Waals surface area contributed by atoms with E-state index >= 15 is 0 Å². The van der Waals surface area contributed by atoms with Gasteiger partial charge in [-0.15, -0.1) is 0 Å². The van der Waals surface area contributed by atoms with E-state index in [1.54, 1.807) is 0 Å². The highest BCUT2D eigenvalue weighted by Crippen LogP contribution is 2.17. The third-order valence-electron chi connectivity index (χ3n) is 2.96. The molecule has 0 aliphatic heterocycles. The van der Waals surface area contributed by atoms with Crippen LogP contribution in [-0.4, -0.2) is 31.3 Å². The maximum Gasteiger partial charge on any atom is 0.0473 e. The van der Waals surface area contributed by atoms with Gasteiger partial charge in [0.2, 0.25) is 0 Å². The van der Waals surface area contributed by atoms with Crippen LogP contribution in [0.15, 0.2) is 24.3 Å². The molecule has 0 saturated heterocycles. The zero-order chi connectivity index (χ0) is 12.7. The van der Waals surface area contributed by atoms with Crippen molar-refractivity contribution in [1.29, 1.82) is 0 Å². The van der Waals surface area contributed by atoms with E-state index in [1.807, 2.05) is 6.92 Å². The van der Waals surface area contributed by atoms with Gasteiger partial charge in [-0.05, 0) is 44.0 Å². The molecule has 0 heterocycles. The minimum absolute atomic E-state index is 0.227. The Hall–Kier alpha value is -1.22. The summed E-state index contributed by atoms with van der Waals surface area (Å²) in [7, 11) is 0. The molecule has 2 N–H and O–H groups in total. The Morgan fingerprint density at radius 1 is 1.18 bits per heavy atom. The fourth-order valence-electron chi connectivity index (χ4n) is 1.74. The highest BCUT2D eigenvalue weighted by atomic mass is 16.3. The summed E-state index contributed by atoms with van der Waals surface area (Å²) in [6, 6.07) is 8.47. The zero-order valence-electron chi connectivity index (χ0n) is 11.1. The highest BCUT2D eigenvalue weighted by molar-refractivity contribution is 5.55. The molecule has 1 rings (SSSR count). The van der Waals surface area contributed by atoms with Gasteiger partial charge >= 0.3 is 0 Å². The first kappa shape index (κ1) is 13.8. The first-order valence-corrected chi connectivity index (χ1v) is 6.41. The summed E-state index contributed by atoms with van der Waals surface area (Å²) in [5.41, 5.74) is 2.37. The van der Waals surface area contributed by atoms with Gasteiger partial charge in [0.25, 0.3) is 0 Å². The van der Waals surface area contributed by atoms with Gasteiger partial charge < -0.3 is 15.3 Å². The largest absolute Gasteiger partial charge is 0.396 e. The van der Waals surface area contributed by atoms with E-state index in [4.69, 9.17) is 5.11 Å². The predicted octanol–water partition coefficient (Wildman–Crippen LogP) is 2.57. The standard InChI is InChI=1S/C14H24N2O/c1-4-16(5-2)14-8-6-13(7-9-14)15-10-12(3)11-17/h6-9,12,15,17H,4-5,10-11H2,1-3H3. The van der Waals surface area contributed by atoms with Gasteiger partial charge in [-0.1, -0.05) is 6.92 Å². The van der Waals surface area contributed by atoms with Crippen molar-refractivity contribution in [1.82, 2.24) is 0 Å². The van der Waals surface area contributed by atoms with Crippen LogP contribution in [0, 0.1) is 5.92 Å². The summed E-state index contributed by atoms with van der Waals surface area (Å²) in [6.07, 6.45) is 0. The van der Waals surface area contributed by atoms with Gasteiger partial charge in [-0.2, -0.15) is 0 Å². The molecular formula is C14H24N2O. The molecule has 3 nitrogen and oxygen atoms in total. The number of anilines is 2. The van der Waals surface area contributed by atoms with Gasteiger partial charge in [0.05, 0.1) is 0 Å². The van der Waals surface area contributed by atoms with E-state index in [0.29, 0.717) is 0 Å². The number of aliphatic hydroxyl groups excluding tert-OH is 1. The molecule has 0 saturated carbocycles. The molecule has 0 radical (unpaired) electrons. The summed E-state index contributed by atoms with van der Waals surface area (Å²) in [5, 5.41) is 12.3. The molecule has 0 spiro atoms. The Morgan fingerprint density at radius 2 is 1.76 bits per heavy atom. The molecule has 0 fully saturated rings. The van der Waals surface area contributed by atoms with Crippen LogP contribution in [0.2, 0.25) is 0 Å². The number of hydrogen-bond acceptors (Lipinski definition) is 3. The summed E-state index contributed by atoms with van der Waals surface area (Å²) in [4.78, 5) is 2.32. The lowest BCUT2D eigenvalue weighted by Gasteiger charge is -2.21. The number of aliphatic hydroxyl groups is 1. The summed E-state index contributed by atoms with van der Waals surface area (Å²) >= 11 is 0. The third kappa shape index (κ3) is 4.27. The molecule has 1 aromatic carbocycles. The predicted molar refractivity (Wildman–Crippen MR) is 74.7 cm³/mol. The second-order valence-electron chi connectivity index (χ2n) is 4.39. The Balaban J connectivity index is 2.55. The number of benzene rings is 1. The van der Waals surface area contributed by atoms with Gasteiger partial charge in [0.15, 0.2) is 0 Å². The fourth-order valence-corrected chi connectivity index (χ4v) is 1.74. The molecule has 0 aromatic heterocycles. The second kappa shape index (κ2) is 7.17. The summed E-state index contributed by atoms with van der Waals surface area (Å²) in [6.45, 7) is 9.45. The van der Waals surface area contributed by atoms with E-state index in [1.165, 1.54) is 5.69 Å². The first-order chi connectivity index (χ1) is 8.21. The first-order valence-electron chi connectivity index (χ1n) is 6.41. The Labute approximate surface area is 104 Å². The molecular weight excluding hydrogens is 212 g/mol. The Kier molecular flexibility index (Phi) is 5.84.